The third-order valence-electron chi connectivity index (χ3n) is 6.01. The van der Waals surface area contributed by atoms with Crippen molar-refractivity contribution < 1.29 is 14.3 Å². The lowest BCUT2D eigenvalue weighted by Crippen LogP contribution is -2.31. The maximum Gasteiger partial charge on any atom is 0.339 e. The number of carbonyl (C=O) groups is 2. The number of hydrogen-bond donors (Lipinski definition) is 1. The van der Waals surface area contributed by atoms with Gasteiger partial charge in [0.25, 0.3) is 5.91 Å². The first kappa shape index (κ1) is 21.0. The SMILES string of the molecule is Cc1cccc(C)c1NC(=O)[C@@H](C)OC(=O)c1c2c(nc3ccccc13)CCCCC2. The summed E-state index contributed by atoms with van der Waals surface area (Å²) in [4.78, 5) is 30.9. The number of nitrogens with one attached hydrogen (secondary N) is 1. The van der Waals surface area contributed by atoms with Crippen molar-refractivity contribution in [1.29, 1.82) is 0 Å². The summed E-state index contributed by atoms with van der Waals surface area (Å²) in [6.45, 7) is 5.50. The Morgan fingerprint density at radius 2 is 1.68 bits per heavy atom. The lowest BCUT2D eigenvalue weighted by Gasteiger charge is -2.19. The van der Waals surface area contributed by atoms with Gasteiger partial charge in [0.1, 0.15) is 0 Å². The zero-order chi connectivity index (χ0) is 22.0. The van der Waals surface area contributed by atoms with Crippen LogP contribution in [0.25, 0.3) is 10.9 Å². The van der Waals surface area contributed by atoms with Crippen LogP contribution in [0.3, 0.4) is 0 Å². The number of nitrogens with zero attached hydrogens (tertiary/aromatic N) is 1. The van der Waals surface area contributed by atoms with Crippen LogP contribution in [0.1, 0.15) is 58.9 Å². The Morgan fingerprint density at radius 3 is 2.45 bits per heavy atom. The lowest BCUT2D eigenvalue weighted by molar-refractivity contribution is -0.123. The van der Waals surface area contributed by atoms with Gasteiger partial charge in [0.05, 0.1) is 11.1 Å². The van der Waals surface area contributed by atoms with Gasteiger partial charge in [-0.15, -0.1) is 0 Å². The van der Waals surface area contributed by atoms with Gasteiger partial charge in [-0.2, -0.15) is 0 Å². The smallest absolute Gasteiger partial charge is 0.339 e. The van der Waals surface area contributed by atoms with Gasteiger partial charge >= 0.3 is 5.97 Å². The molecule has 4 rings (SSSR count). The molecule has 0 bridgehead atoms. The van der Waals surface area contributed by atoms with Gasteiger partial charge in [0.2, 0.25) is 0 Å². The van der Waals surface area contributed by atoms with Crippen molar-refractivity contribution >= 4 is 28.5 Å². The summed E-state index contributed by atoms with van der Waals surface area (Å²) in [6.07, 6.45) is 3.97. The maximum absolute atomic E-state index is 13.3. The average molecular weight is 417 g/mol. The molecule has 1 atom stereocenters. The second-order valence-corrected chi connectivity index (χ2v) is 8.29. The summed E-state index contributed by atoms with van der Waals surface area (Å²) >= 11 is 0. The molecule has 5 heteroatoms. The van der Waals surface area contributed by atoms with Crippen molar-refractivity contribution in [3.05, 3.63) is 70.4 Å². The van der Waals surface area contributed by atoms with Crippen molar-refractivity contribution in [2.45, 2.75) is 59.0 Å². The molecule has 1 heterocycles. The molecule has 31 heavy (non-hydrogen) atoms. The molecule has 1 amide bonds. The van der Waals surface area contributed by atoms with Crippen LogP contribution >= 0.6 is 0 Å². The minimum Gasteiger partial charge on any atom is -0.449 e. The summed E-state index contributed by atoms with van der Waals surface area (Å²) in [5, 5.41) is 3.70. The lowest BCUT2D eigenvalue weighted by atomic mass is 9.97. The van der Waals surface area contributed by atoms with E-state index < -0.39 is 12.1 Å². The van der Waals surface area contributed by atoms with Gasteiger partial charge in [0.15, 0.2) is 6.10 Å². The van der Waals surface area contributed by atoms with Crippen molar-refractivity contribution in [3.8, 4) is 0 Å². The number of esters is 1. The molecule has 0 saturated carbocycles. The second kappa shape index (κ2) is 8.88. The standard InChI is InChI=1S/C26H28N2O3/c1-16-10-9-11-17(2)24(16)28-25(29)18(3)31-26(30)23-19-12-5-4-6-14-21(19)27-22-15-8-7-13-20(22)23/h7-11,13,15,18H,4-6,12,14H2,1-3H3,(H,28,29)/t18-/m1/s1. The average Bonchev–Trinajstić information content (AvgIpc) is 2.99. The first-order valence-electron chi connectivity index (χ1n) is 10.9. The summed E-state index contributed by atoms with van der Waals surface area (Å²) < 4.78 is 5.69. The predicted octanol–water partition coefficient (Wildman–Crippen LogP) is 5.30. The summed E-state index contributed by atoms with van der Waals surface area (Å²) in [6, 6.07) is 13.5. The van der Waals surface area contributed by atoms with Gasteiger partial charge in [-0.3, -0.25) is 9.78 Å². The van der Waals surface area contributed by atoms with E-state index in [1.807, 2.05) is 56.3 Å². The zero-order valence-electron chi connectivity index (χ0n) is 18.3. The summed E-state index contributed by atoms with van der Waals surface area (Å²) in [7, 11) is 0. The van der Waals surface area contributed by atoms with Crippen molar-refractivity contribution in [1.82, 2.24) is 4.98 Å². The van der Waals surface area contributed by atoms with Crippen molar-refractivity contribution in [2.24, 2.45) is 0 Å². The van der Waals surface area contributed by atoms with E-state index in [0.717, 1.165) is 71.1 Å². The van der Waals surface area contributed by atoms with Crippen molar-refractivity contribution in [3.63, 3.8) is 0 Å². The Hall–Kier alpha value is -3.21. The first-order valence-corrected chi connectivity index (χ1v) is 10.9. The molecule has 0 unspecified atom stereocenters. The fourth-order valence-corrected chi connectivity index (χ4v) is 4.29. The van der Waals surface area contributed by atoms with Crippen LogP contribution in [0.4, 0.5) is 5.69 Å². The second-order valence-electron chi connectivity index (χ2n) is 8.29. The molecule has 0 radical (unpaired) electrons. The molecule has 5 nitrogen and oxygen atoms in total. The van der Waals surface area contributed by atoms with E-state index in [4.69, 9.17) is 9.72 Å². The Labute approximate surface area is 182 Å². The number of para-hydroxylation sites is 2. The maximum atomic E-state index is 13.3. The number of anilines is 1. The Kier molecular flexibility index (Phi) is 6.03. The van der Waals surface area contributed by atoms with Gasteiger partial charge in [-0.1, -0.05) is 42.8 Å². The number of benzene rings is 2. The largest absolute Gasteiger partial charge is 0.449 e. The molecule has 1 aliphatic rings. The van der Waals surface area contributed by atoms with Crippen LogP contribution in [0.2, 0.25) is 0 Å². The zero-order valence-corrected chi connectivity index (χ0v) is 18.3. The minimum absolute atomic E-state index is 0.338. The first-order chi connectivity index (χ1) is 15.0. The van der Waals surface area contributed by atoms with E-state index in [9.17, 15) is 9.59 Å². The Morgan fingerprint density at radius 1 is 0.968 bits per heavy atom. The molecule has 2 aromatic carbocycles. The van der Waals surface area contributed by atoms with Crippen LogP contribution < -0.4 is 5.32 Å². The highest BCUT2D eigenvalue weighted by Gasteiger charge is 2.26. The number of pyridine rings is 1. The number of hydrogen-bond acceptors (Lipinski definition) is 4. The number of carbonyl (C=O) groups excluding carboxylic acids is 2. The van der Waals surface area contributed by atoms with E-state index in [-0.39, 0.29) is 5.91 Å². The molecule has 160 valence electrons. The van der Waals surface area contributed by atoms with Crippen LogP contribution in [0.15, 0.2) is 42.5 Å². The summed E-state index contributed by atoms with van der Waals surface area (Å²) in [5.74, 6) is -0.795. The topological polar surface area (TPSA) is 68.3 Å². The number of amides is 1. The molecule has 0 fully saturated rings. The summed E-state index contributed by atoms with van der Waals surface area (Å²) in [5.41, 5.74) is 6.02. The highest BCUT2D eigenvalue weighted by Crippen LogP contribution is 2.29. The molecular formula is C26H28N2O3. The van der Waals surface area contributed by atoms with E-state index in [2.05, 4.69) is 5.32 Å². The quantitative estimate of drug-likeness (QED) is 0.463. The van der Waals surface area contributed by atoms with Crippen molar-refractivity contribution in [2.75, 3.05) is 5.32 Å². The van der Waals surface area contributed by atoms with Gasteiger partial charge in [0, 0.05) is 16.8 Å². The van der Waals surface area contributed by atoms with E-state index in [1.165, 1.54) is 0 Å². The number of aryl methyl sites for hydroxylation is 3. The molecule has 3 aromatic rings. The molecule has 1 N–H and O–H groups in total. The predicted molar refractivity (Wildman–Crippen MR) is 122 cm³/mol. The normalized spacial score (nSPS) is 14.4. The van der Waals surface area contributed by atoms with Gasteiger partial charge in [-0.25, -0.2) is 4.79 Å². The molecule has 0 aliphatic heterocycles. The minimum atomic E-state index is -0.917. The highest BCUT2D eigenvalue weighted by molar-refractivity contribution is 6.06. The van der Waals surface area contributed by atoms with E-state index >= 15 is 0 Å². The van der Waals surface area contributed by atoms with E-state index in [0.29, 0.717) is 5.56 Å². The molecule has 1 aliphatic carbocycles. The van der Waals surface area contributed by atoms with E-state index in [1.54, 1.807) is 6.92 Å². The monoisotopic (exact) mass is 416 g/mol. The molecular weight excluding hydrogens is 388 g/mol. The van der Waals surface area contributed by atoms with Crippen LogP contribution in [0.5, 0.6) is 0 Å². The fourth-order valence-electron chi connectivity index (χ4n) is 4.29. The number of fused-ring (bicyclic) bond motifs is 2. The number of ether oxygens (including phenoxy) is 1. The third kappa shape index (κ3) is 4.31. The third-order valence-corrected chi connectivity index (χ3v) is 6.01. The Balaban J connectivity index is 1.62. The molecule has 1 aromatic heterocycles. The van der Waals surface area contributed by atoms with Crippen LogP contribution in [-0.4, -0.2) is 23.0 Å². The Bertz CT molecular complexity index is 1130. The van der Waals surface area contributed by atoms with Crippen LogP contribution in [-0.2, 0) is 22.4 Å². The van der Waals surface area contributed by atoms with Crippen LogP contribution in [0, 0.1) is 13.8 Å². The molecule has 0 saturated heterocycles. The highest BCUT2D eigenvalue weighted by atomic mass is 16.5. The molecule has 0 spiro atoms. The number of rotatable bonds is 4. The fraction of sp³-hybridized carbons (Fsp3) is 0.346. The van der Waals surface area contributed by atoms with Gasteiger partial charge < -0.3 is 10.1 Å². The van der Waals surface area contributed by atoms with Gasteiger partial charge in [-0.05, 0) is 69.2 Å². The number of aromatic nitrogens is 1.